The van der Waals surface area contributed by atoms with Crippen molar-refractivity contribution in [2.24, 2.45) is 0 Å². The van der Waals surface area contributed by atoms with Crippen molar-refractivity contribution >= 4 is 45.6 Å². The summed E-state index contributed by atoms with van der Waals surface area (Å²) in [6.07, 6.45) is 2.42. The number of halogens is 2. The van der Waals surface area contributed by atoms with Gasteiger partial charge in [0, 0.05) is 29.4 Å². The number of hydrogen-bond acceptors (Lipinski definition) is 2. The number of rotatable bonds is 3. The van der Waals surface area contributed by atoms with Crippen LogP contribution in [-0.4, -0.2) is 13.6 Å². The zero-order chi connectivity index (χ0) is 14.8. The first-order chi connectivity index (χ1) is 10.1. The molecule has 0 atom stereocenters. The van der Waals surface area contributed by atoms with Crippen LogP contribution >= 0.6 is 34.2 Å². The quantitative estimate of drug-likeness (QED) is 0.718. The summed E-state index contributed by atoms with van der Waals surface area (Å²) in [6.45, 7) is 1.96. The lowest BCUT2D eigenvalue weighted by atomic mass is 9.99. The highest BCUT2D eigenvalue weighted by Gasteiger charge is 2.13. The van der Waals surface area contributed by atoms with Crippen molar-refractivity contribution in [1.29, 1.82) is 0 Å². The summed E-state index contributed by atoms with van der Waals surface area (Å²) in [5.74, 6) is 0. The number of aryl methyl sites for hydroxylation is 1. The molecule has 21 heavy (non-hydrogen) atoms. The highest BCUT2D eigenvalue weighted by Crippen LogP contribution is 2.28. The molecular weight excluding hydrogens is 395 g/mol. The van der Waals surface area contributed by atoms with Gasteiger partial charge in [0.2, 0.25) is 0 Å². The summed E-state index contributed by atoms with van der Waals surface area (Å²) in [7, 11) is 2.17. The Morgan fingerprint density at radius 2 is 2.10 bits per heavy atom. The molecule has 0 saturated heterocycles. The minimum absolute atomic E-state index is 0.777. The third-order valence-electron chi connectivity index (χ3n) is 3.91. The van der Waals surface area contributed by atoms with Gasteiger partial charge in [0.25, 0.3) is 0 Å². The second-order valence-corrected chi connectivity index (χ2v) is 7.12. The Morgan fingerprint density at radius 1 is 1.24 bits per heavy atom. The zero-order valence-corrected chi connectivity index (χ0v) is 14.9. The first-order valence-electron chi connectivity index (χ1n) is 7.15. The molecule has 0 radical (unpaired) electrons. The minimum atomic E-state index is 0.777. The summed E-state index contributed by atoms with van der Waals surface area (Å²) >= 11 is 8.53. The molecule has 2 aromatic carbocycles. The van der Waals surface area contributed by atoms with Crippen LogP contribution in [0.4, 0.5) is 11.4 Å². The molecule has 0 amide bonds. The lowest BCUT2D eigenvalue weighted by Gasteiger charge is -2.28. The maximum atomic E-state index is 6.26. The monoisotopic (exact) mass is 412 g/mol. The van der Waals surface area contributed by atoms with Crippen molar-refractivity contribution in [1.82, 2.24) is 0 Å². The van der Waals surface area contributed by atoms with Crippen LogP contribution in [0.3, 0.4) is 0 Å². The van der Waals surface area contributed by atoms with Crippen molar-refractivity contribution < 1.29 is 0 Å². The van der Waals surface area contributed by atoms with Gasteiger partial charge in [-0.1, -0.05) is 23.7 Å². The highest BCUT2D eigenvalue weighted by atomic mass is 127. The molecule has 2 nitrogen and oxygen atoms in total. The van der Waals surface area contributed by atoms with Crippen molar-refractivity contribution in [3.8, 4) is 0 Å². The van der Waals surface area contributed by atoms with Gasteiger partial charge in [0.1, 0.15) is 0 Å². The van der Waals surface area contributed by atoms with Gasteiger partial charge < -0.3 is 10.2 Å². The van der Waals surface area contributed by atoms with Gasteiger partial charge in [-0.15, -0.1) is 0 Å². The van der Waals surface area contributed by atoms with Gasteiger partial charge in [-0.3, -0.25) is 0 Å². The Kier molecular flexibility index (Phi) is 4.60. The van der Waals surface area contributed by atoms with Gasteiger partial charge in [0.05, 0.1) is 10.7 Å². The Labute approximate surface area is 144 Å². The van der Waals surface area contributed by atoms with Crippen LogP contribution in [0.25, 0.3) is 0 Å². The predicted molar refractivity (Wildman–Crippen MR) is 99.5 cm³/mol. The molecule has 1 heterocycles. The molecule has 2 aromatic rings. The van der Waals surface area contributed by atoms with E-state index in [1.807, 2.05) is 12.1 Å². The first-order valence-corrected chi connectivity index (χ1v) is 8.61. The van der Waals surface area contributed by atoms with Gasteiger partial charge in [-0.25, -0.2) is 0 Å². The lowest BCUT2D eigenvalue weighted by molar-refractivity contribution is 0.743. The van der Waals surface area contributed by atoms with Crippen LogP contribution in [0.15, 0.2) is 36.4 Å². The van der Waals surface area contributed by atoms with Crippen molar-refractivity contribution in [2.45, 2.75) is 19.4 Å². The molecule has 0 aliphatic carbocycles. The molecule has 0 fully saturated rings. The van der Waals surface area contributed by atoms with Crippen LogP contribution < -0.4 is 10.2 Å². The van der Waals surface area contributed by atoms with Crippen LogP contribution in [-0.2, 0) is 13.0 Å². The largest absolute Gasteiger partial charge is 0.380 e. The van der Waals surface area contributed by atoms with E-state index >= 15 is 0 Å². The second kappa shape index (κ2) is 6.44. The predicted octanol–water partition coefficient (Wildman–Crippen LogP) is 4.94. The van der Waals surface area contributed by atoms with Gasteiger partial charge in [-0.05, 0) is 70.8 Å². The number of anilines is 2. The zero-order valence-electron chi connectivity index (χ0n) is 12.0. The molecular formula is C17H18ClIN2. The second-order valence-electron chi connectivity index (χ2n) is 5.47. The van der Waals surface area contributed by atoms with Gasteiger partial charge >= 0.3 is 0 Å². The van der Waals surface area contributed by atoms with E-state index in [0.717, 1.165) is 27.4 Å². The summed E-state index contributed by atoms with van der Waals surface area (Å²) in [4.78, 5) is 2.34. The number of fused-ring (bicyclic) bond motifs is 1. The lowest BCUT2D eigenvalue weighted by Crippen LogP contribution is -2.24. The summed E-state index contributed by atoms with van der Waals surface area (Å²) in [5, 5.41) is 4.20. The topological polar surface area (TPSA) is 15.3 Å². The molecule has 0 aromatic heterocycles. The molecule has 3 rings (SSSR count). The summed E-state index contributed by atoms with van der Waals surface area (Å²) in [5.41, 5.74) is 5.12. The molecule has 4 heteroatoms. The number of nitrogens with one attached hydrogen (secondary N) is 1. The van der Waals surface area contributed by atoms with E-state index in [1.54, 1.807) is 0 Å². The smallest absolute Gasteiger partial charge is 0.0648 e. The number of benzene rings is 2. The molecule has 110 valence electrons. The van der Waals surface area contributed by atoms with Crippen molar-refractivity contribution in [2.75, 3.05) is 23.8 Å². The molecule has 0 saturated carbocycles. The fraction of sp³-hybridized carbons (Fsp3) is 0.294. The standard InChI is InChI=1S/C17H18ClIN2/c1-21-8-2-3-13-9-12(4-7-17(13)21)11-20-16-6-5-14(19)10-15(16)18/h4-7,9-10,20H,2-3,8,11H2,1H3. The molecule has 0 unspecified atom stereocenters. The Balaban J connectivity index is 1.73. The van der Waals surface area contributed by atoms with Crippen LogP contribution in [0.2, 0.25) is 5.02 Å². The van der Waals surface area contributed by atoms with Crippen molar-refractivity contribution in [3.05, 3.63) is 56.1 Å². The van der Waals surface area contributed by atoms with Crippen LogP contribution in [0.5, 0.6) is 0 Å². The fourth-order valence-corrected chi connectivity index (χ4v) is 3.70. The molecule has 0 bridgehead atoms. The maximum Gasteiger partial charge on any atom is 0.0648 e. The average Bonchev–Trinajstić information content (AvgIpc) is 2.46. The minimum Gasteiger partial charge on any atom is -0.380 e. The summed E-state index contributed by atoms with van der Waals surface area (Å²) in [6, 6.07) is 12.8. The average molecular weight is 413 g/mol. The Morgan fingerprint density at radius 3 is 2.90 bits per heavy atom. The Hall–Kier alpha value is -0.940. The van der Waals surface area contributed by atoms with E-state index in [1.165, 1.54) is 29.7 Å². The molecule has 1 N–H and O–H groups in total. The normalized spacial score (nSPS) is 14.0. The van der Waals surface area contributed by atoms with E-state index in [4.69, 9.17) is 11.6 Å². The van der Waals surface area contributed by atoms with E-state index in [0.29, 0.717) is 0 Å². The number of hydrogen-bond donors (Lipinski definition) is 1. The van der Waals surface area contributed by atoms with E-state index < -0.39 is 0 Å². The van der Waals surface area contributed by atoms with E-state index in [-0.39, 0.29) is 0 Å². The van der Waals surface area contributed by atoms with Gasteiger partial charge in [-0.2, -0.15) is 0 Å². The third kappa shape index (κ3) is 3.46. The van der Waals surface area contributed by atoms with E-state index in [2.05, 4.69) is 64.1 Å². The van der Waals surface area contributed by atoms with Gasteiger partial charge in [0.15, 0.2) is 0 Å². The number of nitrogens with zero attached hydrogens (tertiary/aromatic N) is 1. The Bertz CT molecular complexity index is 657. The fourth-order valence-electron chi connectivity index (χ4n) is 2.78. The molecule has 0 spiro atoms. The van der Waals surface area contributed by atoms with Crippen molar-refractivity contribution in [3.63, 3.8) is 0 Å². The highest BCUT2D eigenvalue weighted by molar-refractivity contribution is 14.1. The van der Waals surface area contributed by atoms with Crippen LogP contribution in [0.1, 0.15) is 17.5 Å². The maximum absolute atomic E-state index is 6.26. The van der Waals surface area contributed by atoms with Crippen LogP contribution in [0, 0.1) is 3.57 Å². The third-order valence-corrected chi connectivity index (χ3v) is 4.89. The summed E-state index contributed by atoms with van der Waals surface area (Å²) < 4.78 is 1.15. The molecule has 1 aliphatic heterocycles. The SMILES string of the molecule is CN1CCCc2cc(CNc3ccc(I)cc3Cl)ccc21. The van der Waals surface area contributed by atoms with E-state index in [9.17, 15) is 0 Å². The molecule has 1 aliphatic rings. The first kappa shape index (κ1) is 15.0.